The van der Waals surface area contributed by atoms with Gasteiger partial charge in [-0.15, -0.1) is 0 Å². The van der Waals surface area contributed by atoms with Crippen LogP contribution in [0.15, 0.2) is 30.3 Å². The molecule has 0 spiro atoms. The summed E-state index contributed by atoms with van der Waals surface area (Å²) in [7, 11) is 0. The van der Waals surface area contributed by atoms with Crippen LogP contribution >= 0.6 is 0 Å². The van der Waals surface area contributed by atoms with Gasteiger partial charge < -0.3 is 10.1 Å². The molecule has 1 aromatic rings. The van der Waals surface area contributed by atoms with Gasteiger partial charge in [0.2, 0.25) is 0 Å². The summed E-state index contributed by atoms with van der Waals surface area (Å²) in [4.78, 5) is 0. The third-order valence-electron chi connectivity index (χ3n) is 3.71. The maximum Gasteiger partial charge on any atom is 0.0554 e. The fourth-order valence-electron chi connectivity index (χ4n) is 2.42. The van der Waals surface area contributed by atoms with Crippen molar-refractivity contribution in [2.24, 2.45) is 5.41 Å². The van der Waals surface area contributed by atoms with Crippen LogP contribution < -0.4 is 5.32 Å². The van der Waals surface area contributed by atoms with Crippen LogP contribution in [0.4, 0.5) is 0 Å². The summed E-state index contributed by atoms with van der Waals surface area (Å²) in [5.41, 5.74) is 1.87. The molecule has 16 heavy (non-hydrogen) atoms. The average Bonchev–Trinajstić information content (AvgIpc) is 3.04. The molecule has 3 rings (SSSR count). The van der Waals surface area contributed by atoms with Crippen LogP contribution in [0.1, 0.15) is 24.8 Å². The van der Waals surface area contributed by atoms with Crippen LogP contribution in [0.25, 0.3) is 0 Å². The van der Waals surface area contributed by atoms with Crippen molar-refractivity contribution in [1.29, 1.82) is 0 Å². The highest BCUT2D eigenvalue weighted by molar-refractivity contribution is 5.27. The molecule has 1 saturated carbocycles. The largest absolute Gasteiger partial charge is 0.380 e. The van der Waals surface area contributed by atoms with Gasteiger partial charge in [-0.3, -0.25) is 0 Å². The van der Waals surface area contributed by atoms with E-state index in [2.05, 4.69) is 42.6 Å². The van der Waals surface area contributed by atoms with Crippen molar-refractivity contribution in [3.05, 3.63) is 35.9 Å². The van der Waals surface area contributed by atoms with Crippen LogP contribution in [-0.2, 0) is 4.74 Å². The Hall–Kier alpha value is -0.860. The molecule has 1 N–H and O–H groups in total. The molecule has 0 aromatic heterocycles. The number of nitrogens with one attached hydrogen (secondary N) is 1. The van der Waals surface area contributed by atoms with Gasteiger partial charge in [0.05, 0.1) is 13.2 Å². The first-order valence-corrected chi connectivity index (χ1v) is 6.13. The molecule has 2 fully saturated rings. The minimum atomic E-state index is 0.393. The van der Waals surface area contributed by atoms with E-state index in [0.717, 1.165) is 25.7 Å². The molecule has 1 aliphatic carbocycles. The molecule has 86 valence electrons. The lowest BCUT2D eigenvalue weighted by Crippen LogP contribution is -2.47. The molecule has 2 unspecified atom stereocenters. The van der Waals surface area contributed by atoms with Gasteiger partial charge in [-0.2, -0.15) is 0 Å². The zero-order chi connectivity index (χ0) is 11.0. The van der Waals surface area contributed by atoms with E-state index < -0.39 is 0 Å². The van der Waals surface area contributed by atoms with Gasteiger partial charge in [0, 0.05) is 23.9 Å². The van der Waals surface area contributed by atoms with Crippen molar-refractivity contribution in [2.75, 3.05) is 19.8 Å². The predicted molar refractivity (Wildman–Crippen MR) is 64.5 cm³/mol. The minimum absolute atomic E-state index is 0.393. The molecule has 0 bridgehead atoms. The van der Waals surface area contributed by atoms with Crippen molar-refractivity contribution >= 4 is 0 Å². The summed E-state index contributed by atoms with van der Waals surface area (Å²) in [5.74, 6) is 0.741. The second-order valence-electron chi connectivity index (χ2n) is 5.54. The second-order valence-corrected chi connectivity index (χ2v) is 5.54. The average molecular weight is 217 g/mol. The van der Waals surface area contributed by atoms with E-state index in [4.69, 9.17) is 4.74 Å². The standard InChI is InChI=1S/C14H19NO/c1-14(9-16-10-14)8-15-13-7-12(13)11-5-3-2-4-6-11/h2-6,12-13,15H,7-10H2,1H3. The van der Waals surface area contributed by atoms with E-state index >= 15 is 0 Å². The normalized spacial score (nSPS) is 30.8. The molecule has 2 nitrogen and oxygen atoms in total. The fourth-order valence-corrected chi connectivity index (χ4v) is 2.42. The Morgan fingerprint density at radius 1 is 1.31 bits per heavy atom. The Morgan fingerprint density at radius 2 is 2.06 bits per heavy atom. The van der Waals surface area contributed by atoms with E-state index in [-0.39, 0.29) is 0 Å². The van der Waals surface area contributed by atoms with Gasteiger partial charge in [0.15, 0.2) is 0 Å². The van der Waals surface area contributed by atoms with Gasteiger partial charge in [-0.05, 0) is 12.0 Å². The molecule has 1 aromatic carbocycles. The molecule has 1 aliphatic heterocycles. The van der Waals surface area contributed by atoms with Crippen molar-refractivity contribution in [1.82, 2.24) is 5.32 Å². The van der Waals surface area contributed by atoms with Crippen LogP contribution in [0.2, 0.25) is 0 Å². The highest BCUT2D eigenvalue weighted by Crippen LogP contribution is 2.41. The van der Waals surface area contributed by atoms with Gasteiger partial charge in [-0.25, -0.2) is 0 Å². The SMILES string of the molecule is CC1(CNC2CC2c2ccccc2)COC1. The smallest absolute Gasteiger partial charge is 0.0554 e. The van der Waals surface area contributed by atoms with Crippen molar-refractivity contribution in [2.45, 2.75) is 25.3 Å². The van der Waals surface area contributed by atoms with Gasteiger partial charge in [0.1, 0.15) is 0 Å². The Labute approximate surface area is 97.0 Å². The van der Waals surface area contributed by atoms with Crippen LogP contribution in [0.5, 0.6) is 0 Å². The maximum absolute atomic E-state index is 5.26. The first kappa shape index (κ1) is 10.3. The summed E-state index contributed by atoms with van der Waals surface area (Å²) in [5, 5.41) is 3.67. The Balaban J connectivity index is 1.49. The maximum atomic E-state index is 5.26. The van der Waals surface area contributed by atoms with Crippen molar-refractivity contribution in [3.63, 3.8) is 0 Å². The molecule has 0 radical (unpaired) electrons. The first-order valence-electron chi connectivity index (χ1n) is 6.13. The molecule has 1 heterocycles. The highest BCUT2D eigenvalue weighted by Gasteiger charge is 2.41. The van der Waals surface area contributed by atoms with E-state index in [1.807, 2.05) is 0 Å². The molecule has 0 amide bonds. The van der Waals surface area contributed by atoms with Crippen LogP contribution in [0.3, 0.4) is 0 Å². The summed E-state index contributed by atoms with van der Waals surface area (Å²) in [6, 6.07) is 11.5. The van der Waals surface area contributed by atoms with E-state index in [9.17, 15) is 0 Å². The number of benzene rings is 1. The molecule has 2 atom stereocenters. The Bertz CT molecular complexity index is 358. The zero-order valence-corrected chi connectivity index (χ0v) is 9.78. The Kier molecular flexibility index (Phi) is 2.49. The summed E-state index contributed by atoms with van der Waals surface area (Å²) in [6.07, 6.45) is 1.29. The lowest BCUT2D eigenvalue weighted by atomic mass is 9.89. The molecule has 2 heteroatoms. The van der Waals surface area contributed by atoms with E-state index in [0.29, 0.717) is 11.5 Å². The third kappa shape index (κ3) is 2.00. The molecule has 2 aliphatic rings. The Morgan fingerprint density at radius 3 is 2.69 bits per heavy atom. The quantitative estimate of drug-likeness (QED) is 0.834. The molecular weight excluding hydrogens is 198 g/mol. The van der Waals surface area contributed by atoms with Gasteiger partial charge >= 0.3 is 0 Å². The third-order valence-corrected chi connectivity index (χ3v) is 3.71. The molecular formula is C14H19NO. The summed E-state index contributed by atoms with van der Waals surface area (Å²) < 4.78 is 5.26. The summed E-state index contributed by atoms with van der Waals surface area (Å²) >= 11 is 0. The first-order chi connectivity index (χ1) is 7.77. The fraction of sp³-hybridized carbons (Fsp3) is 0.571. The highest BCUT2D eigenvalue weighted by atomic mass is 16.5. The van der Waals surface area contributed by atoms with Crippen LogP contribution in [-0.4, -0.2) is 25.8 Å². The van der Waals surface area contributed by atoms with Gasteiger partial charge in [-0.1, -0.05) is 37.3 Å². The topological polar surface area (TPSA) is 21.3 Å². The monoisotopic (exact) mass is 217 g/mol. The van der Waals surface area contributed by atoms with Gasteiger partial charge in [0.25, 0.3) is 0 Å². The summed E-state index contributed by atoms with van der Waals surface area (Å²) in [6.45, 7) is 5.23. The zero-order valence-electron chi connectivity index (χ0n) is 9.78. The number of ether oxygens (including phenoxy) is 1. The predicted octanol–water partition coefficient (Wildman–Crippen LogP) is 2.17. The minimum Gasteiger partial charge on any atom is -0.380 e. The molecule has 1 saturated heterocycles. The number of hydrogen-bond acceptors (Lipinski definition) is 2. The number of rotatable bonds is 4. The lowest BCUT2D eigenvalue weighted by molar-refractivity contribution is -0.0992. The van der Waals surface area contributed by atoms with Crippen molar-refractivity contribution in [3.8, 4) is 0 Å². The van der Waals surface area contributed by atoms with Crippen molar-refractivity contribution < 1.29 is 4.74 Å². The van der Waals surface area contributed by atoms with E-state index in [1.54, 1.807) is 0 Å². The second kappa shape index (κ2) is 3.86. The lowest BCUT2D eigenvalue weighted by Gasteiger charge is -2.38. The van der Waals surface area contributed by atoms with E-state index in [1.165, 1.54) is 12.0 Å². The van der Waals surface area contributed by atoms with Crippen LogP contribution in [0, 0.1) is 5.41 Å². The number of hydrogen-bond donors (Lipinski definition) is 1.